The van der Waals surface area contributed by atoms with Crippen LogP contribution >= 0.6 is 23.2 Å². The first kappa shape index (κ1) is 14.8. The molecule has 0 aromatic heterocycles. The number of benzene rings is 1. The van der Waals surface area contributed by atoms with Crippen molar-refractivity contribution in [3.8, 4) is 0 Å². The minimum atomic E-state index is -3.25. The van der Waals surface area contributed by atoms with Crippen LogP contribution in [-0.2, 0) is 10.0 Å². The van der Waals surface area contributed by atoms with Crippen LogP contribution in [0.2, 0.25) is 10.0 Å². The highest BCUT2D eigenvalue weighted by atomic mass is 35.5. The van der Waals surface area contributed by atoms with Gasteiger partial charge in [0.15, 0.2) is 0 Å². The molecule has 0 aliphatic heterocycles. The molecule has 0 saturated heterocycles. The van der Waals surface area contributed by atoms with Crippen LogP contribution in [0, 0.1) is 0 Å². The van der Waals surface area contributed by atoms with Crippen molar-refractivity contribution in [3.05, 3.63) is 33.8 Å². The number of sulfonamides is 1. The molecular weight excluding hydrogens is 281 g/mol. The van der Waals surface area contributed by atoms with E-state index in [0.29, 0.717) is 16.5 Å². The Kier molecular flexibility index (Phi) is 5.25. The third kappa shape index (κ3) is 4.47. The van der Waals surface area contributed by atoms with E-state index < -0.39 is 10.0 Å². The third-order valence-corrected chi connectivity index (χ3v) is 4.48. The summed E-state index contributed by atoms with van der Waals surface area (Å²) in [5, 5.41) is 0.992. The summed E-state index contributed by atoms with van der Waals surface area (Å²) in [6.45, 7) is 3.57. The summed E-state index contributed by atoms with van der Waals surface area (Å²) in [6.07, 6.45) is 0.580. The van der Waals surface area contributed by atoms with Crippen molar-refractivity contribution < 1.29 is 8.42 Å². The van der Waals surface area contributed by atoms with Crippen LogP contribution in [0.15, 0.2) is 18.2 Å². The highest BCUT2D eigenvalue weighted by molar-refractivity contribution is 7.89. The first-order valence-corrected chi connectivity index (χ1v) is 7.71. The lowest BCUT2D eigenvalue weighted by atomic mass is 10.1. The van der Waals surface area contributed by atoms with Crippen molar-refractivity contribution in [3.63, 3.8) is 0 Å². The Balaban J connectivity index is 2.87. The molecule has 0 saturated carbocycles. The molecule has 17 heavy (non-hydrogen) atoms. The maximum Gasteiger partial charge on any atom is 0.212 e. The van der Waals surface area contributed by atoms with Crippen molar-refractivity contribution in [1.29, 1.82) is 0 Å². The van der Waals surface area contributed by atoms with Crippen molar-refractivity contribution >= 4 is 33.2 Å². The molecule has 1 aromatic carbocycles. The van der Waals surface area contributed by atoms with Crippen LogP contribution in [0.1, 0.15) is 31.9 Å². The molecule has 0 spiro atoms. The molecule has 0 amide bonds. The van der Waals surface area contributed by atoms with E-state index in [2.05, 4.69) is 4.72 Å². The van der Waals surface area contributed by atoms with Gasteiger partial charge < -0.3 is 0 Å². The van der Waals surface area contributed by atoms with E-state index in [1.807, 2.05) is 6.92 Å². The molecule has 0 fully saturated rings. The van der Waals surface area contributed by atoms with Gasteiger partial charge in [0.05, 0.1) is 5.75 Å². The predicted octanol–water partition coefficient (Wildman–Crippen LogP) is 3.38. The van der Waals surface area contributed by atoms with Gasteiger partial charge in [0.2, 0.25) is 10.0 Å². The summed E-state index contributed by atoms with van der Waals surface area (Å²) >= 11 is 11.8. The van der Waals surface area contributed by atoms with Crippen molar-refractivity contribution in [1.82, 2.24) is 4.72 Å². The van der Waals surface area contributed by atoms with E-state index in [4.69, 9.17) is 23.2 Å². The van der Waals surface area contributed by atoms with E-state index in [1.54, 1.807) is 25.1 Å². The fourth-order valence-corrected chi connectivity index (χ4v) is 3.41. The zero-order valence-electron chi connectivity index (χ0n) is 9.70. The second-order valence-electron chi connectivity index (χ2n) is 3.82. The molecule has 0 aliphatic rings. The van der Waals surface area contributed by atoms with Crippen LogP contribution in [0.3, 0.4) is 0 Å². The minimum absolute atomic E-state index is 0.114. The number of hydrogen-bond donors (Lipinski definition) is 1. The molecule has 3 nitrogen and oxygen atoms in total. The van der Waals surface area contributed by atoms with E-state index in [-0.39, 0.29) is 11.8 Å². The Morgan fingerprint density at radius 3 is 2.53 bits per heavy atom. The summed E-state index contributed by atoms with van der Waals surface area (Å²) in [4.78, 5) is 0. The summed E-state index contributed by atoms with van der Waals surface area (Å²) in [7, 11) is -3.25. The zero-order valence-corrected chi connectivity index (χ0v) is 12.0. The molecule has 1 atom stereocenters. The monoisotopic (exact) mass is 295 g/mol. The van der Waals surface area contributed by atoms with Crippen molar-refractivity contribution in [2.45, 2.75) is 26.3 Å². The van der Waals surface area contributed by atoms with Gasteiger partial charge in [-0.05, 0) is 31.0 Å². The number of nitrogens with one attached hydrogen (secondary N) is 1. The standard InChI is InChI=1S/C11H15Cl2NO2S/c1-3-6-17(15,16)14-8(2)10-5-4-9(12)7-11(10)13/h4-5,7-8,14H,3,6H2,1-2H3. The predicted molar refractivity (Wildman–Crippen MR) is 72.1 cm³/mol. The fourth-order valence-electron chi connectivity index (χ4n) is 1.51. The van der Waals surface area contributed by atoms with Crippen LogP contribution in [-0.4, -0.2) is 14.2 Å². The molecule has 1 N–H and O–H groups in total. The van der Waals surface area contributed by atoms with Gasteiger partial charge in [0.25, 0.3) is 0 Å². The molecule has 1 aromatic rings. The molecule has 1 unspecified atom stereocenters. The Morgan fingerprint density at radius 2 is 2.00 bits per heavy atom. The Hall–Kier alpha value is -0.290. The average Bonchev–Trinajstić information content (AvgIpc) is 2.15. The Labute approximate surface area is 112 Å². The largest absolute Gasteiger partial charge is 0.212 e. The van der Waals surface area contributed by atoms with E-state index in [9.17, 15) is 8.42 Å². The van der Waals surface area contributed by atoms with Gasteiger partial charge in [-0.1, -0.05) is 36.2 Å². The lowest BCUT2D eigenvalue weighted by Crippen LogP contribution is -2.29. The SMILES string of the molecule is CCCS(=O)(=O)NC(C)c1ccc(Cl)cc1Cl. The topological polar surface area (TPSA) is 46.2 Å². The minimum Gasteiger partial charge on any atom is -0.212 e. The van der Waals surface area contributed by atoms with E-state index in [1.165, 1.54) is 0 Å². The van der Waals surface area contributed by atoms with E-state index >= 15 is 0 Å². The lowest BCUT2D eigenvalue weighted by Gasteiger charge is -2.15. The third-order valence-electron chi connectivity index (χ3n) is 2.26. The molecule has 0 radical (unpaired) electrons. The number of rotatable bonds is 5. The summed E-state index contributed by atoms with van der Waals surface area (Å²) in [6, 6.07) is 4.65. The van der Waals surface area contributed by atoms with Gasteiger partial charge in [0, 0.05) is 16.1 Å². The Bertz CT molecular complexity index is 488. The maximum absolute atomic E-state index is 11.6. The second kappa shape index (κ2) is 6.05. The normalized spacial score (nSPS) is 13.6. The second-order valence-corrected chi connectivity index (χ2v) is 6.54. The molecule has 6 heteroatoms. The van der Waals surface area contributed by atoms with Crippen LogP contribution in [0.4, 0.5) is 0 Å². The van der Waals surface area contributed by atoms with Gasteiger partial charge >= 0.3 is 0 Å². The lowest BCUT2D eigenvalue weighted by molar-refractivity contribution is 0.565. The summed E-state index contributed by atoms with van der Waals surface area (Å²) < 4.78 is 25.8. The molecule has 0 bridgehead atoms. The number of hydrogen-bond acceptors (Lipinski definition) is 2. The first-order valence-electron chi connectivity index (χ1n) is 5.30. The smallest absolute Gasteiger partial charge is 0.212 e. The highest BCUT2D eigenvalue weighted by Crippen LogP contribution is 2.26. The quantitative estimate of drug-likeness (QED) is 0.905. The Morgan fingerprint density at radius 1 is 1.35 bits per heavy atom. The van der Waals surface area contributed by atoms with Gasteiger partial charge in [-0.3, -0.25) is 0 Å². The average molecular weight is 296 g/mol. The highest BCUT2D eigenvalue weighted by Gasteiger charge is 2.16. The van der Waals surface area contributed by atoms with Crippen molar-refractivity contribution in [2.75, 3.05) is 5.75 Å². The molecular formula is C11H15Cl2NO2S. The molecule has 0 heterocycles. The van der Waals surface area contributed by atoms with Crippen LogP contribution in [0.5, 0.6) is 0 Å². The molecule has 1 rings (SSSR count). The van der Waals surface area contributed by atoms with Crippen molar-refractivity contribution in [2.24, 2.45) is 0 Å². The summed E-state index contributed by atoms with van der Waals surface area (Å²) in [5.41, 5.74) is 0.718. The number of halogens is 2. The first-order chi connectivity index (χ1) is 7.85. The van der Waals surface area contributed by atoms with E-state index in [0.717, 1.165) is 5.56 Å². The molecule has 0 aliphatic carbocycles. The molecule has 96 valence electrons. The zero-order chi connectivity index (χ0) is 13.1. The van der Waals surface area contributed by atoms with Gasteiger partial charge in [0.1, 0.15) is 0 Å². The van der Waals surface area contributed by atoms with Crippen LogP contribution in [0.25, 0.3) is 0 Å². The summed E-state index contributed by atoms with van der Waals surface area (Å²) in [5.74, 6) is 0.114. The van der Waals surface area contributed by atoms with Gasteiger partial charge in [-0.25, -0.2) is 13.1 Å². The maximum atomic E-state index is 11.6. The van der Waals surface area contributed by atoms with Gasteiger partial charge in [-0.15, -0.1) is 0 Å². The van der Waals surface area contributed by atoms with Crippen LogP contribution < -0.4 is 4.72 Å². The fraction of sp³-hybridized carbons (Fsp3) is 0.455. The van der Waals surface area contributed by atoms with Gasteiger partial charge in [-0.2, -0.15) is 0 Å².